The summed E-state index contributed by atoms with van der Waals surface area (Å²) in [5, 5.41) is 11.4. The molecule has 29 heavy (non-hydrogen) atoms. The number of hydrogen-bond acceptors (Lipinski definition) is 6. The van der Waals surface area contributed by atoms with Crippen molar-refractivity contribution in [2.45, 2.75) is 32.9 Å². The minimum Gasteiger partial charge on any atom is -0.507 e. The Morgan fingerprint density at radius 3 is 2.52 bits per heavy atom. The maximum absolute atomic E-state index is 12.0. The van der Waals surface area contributed by atoms with Crippen molar-refractivity contribution in [2.24, 2.45) is 0 Å². The third kappa shape index (κ3) is 3.56. The molecule has 0 radical (unpaired) electrons. The van der Waals surface area contributed by atoms with E-state index in [1.54, 1.807) is 20.3 Å². The summed E-state index contributed by atoms with van der Waals surface area (Å²) in [6.45, 7) is 4.04. The van der Waals surface area contributed by atoms with Gasteiger partial charge in [-0.1, -0.05) is 6.92 Å². The fourth-order valence-corrected chi connectivity index (χ4v) is 4.08. The number of nitrogens with zero attached hydrogens (tertiary/aromatic N) is 1. The van der Waals surface area contributed by atoms with Crippen LogP contribution in [0.5, 0.6) is 17.2 Å². The van der Waals surface area contributed by atoms with Crippen LogP contribution in [-0.4, -0.2) is 30.8 Å². The Hall–Kier alpha value is -2.99. The third-order valence-corrected chi connectivity index (χ3v) is 5.64. The lowest BCUT2D eigenvalue weighted by Gasteiger charge is -2.30. The van der Waals surface area contributed by atoms with E-state index in [2.05, 4.69) is 4.90 Å². The molecule has 0 aliphatic carbocycles. The Balaban J connectivity index is 1.69. The van der Waals surface area contributed by atoms with Crippen LogP contribution in [0.1, 0.15) is 29.2 Å². The van der Waals surface area contributed by atoms with Gasteiger partial charge < -0.3 is 19.0 Å². The second-order valence-corrected chi connectivity index (χ2v) is 7.32. The first kappa shape index (κ1) is 19.3. The van der Waals surface area contributed by atoms with Crippen LogP contribution in [-0.2, 0) is 25.9 Å². The van der Waals surface area contributed by atoms with E-state index in [9.17, 15) is 9.90 Å². The molecule has 0 bridgehead atoms. The number of fused-ring (bicyclic) bond motifs is 2. The maximum atomic E-state index is 12.0. The van der Waals surface area contributed by atoms with Crippen LogP contribution in [0.25, 0.3) is 11.0 Å². The Labute approximate surface area is 169 Å². The van der Waals surface area contributed by atoms with Crippen molar-refractivity contribution in [3.05, 3.63) is 63.0 Å². The number of rotatable bonds is 5. The highest BCUT2D eigenvalue weighted by molar-refractivity contribution is 5.85. The highest BCUT2D eigenvalue weighted by atomic mass is 16.5. The summed E-state index contributed by atoms with van der Waals surface area (Å²) in [4.78, 5) is 14.3. The van der Waals surface area contributed by atoms with Gasteiger partial charge in [-0.05, 0) is 53.8 Å². The van der Waals surface area contributed by atoms with Crippen molar-refractivity contribution in [2.75, 3.05) is 20.8 Å². The predicted molar refractivity (Wildman–Crippen MR) is 111 cm³/mol. The van der Waals surface area contributed by atoms with Crippen molar-refractivity contribution in [3.8, 4) is 17.2 Å². The topological polar surface area (TPSA) is 72.1 Å². The van der Waals surface area contributed by atoms with E-state index >= 15 is 0 Å². The van der Waals surface area contributed by atoms with Gasteiger partial charge in [-0.3, -0.25) is 4.90 Å². The molecular formula is C23H25NO5. The Morgan fingerprint density at radius 2 is 1.83 bits per heavy atom. The first-order valence-electron chi connectivity index (χ1n) is 9.77. The van der Waals surface area contributed by atoms with Gasteiger partial charge in [0.25, 0.3) is 0 Å². The molecule has 4 rings (SSSR count). The van der Waals surface area contributed by atoms with Crippen molar-refractivity contribution in [3.63, 3.8) is 0 Å². The van der Waals surface area contributed by atoms with Crippen molar-refractivity contribution < 1.29 is 19.0 Å². The molecule has 0 spiro atoms. The number of methoxy groups -OCH3 is 2. The van der Waals surface area contributed by atoms with Crippen LogP contribution >= 0.6 is 0 Å². The first-order chi connectivity index (χ1) is 14.0. The first-order valence-corrected chi connectivity index (χ1v) is 9.77. The lowest BCUT2D eigenvalue weighted by Crippen LogP contribution is -2.30. The molecule has 2 aromatic carbocycles. The molecular weight excluding hydrogens is 370 g/mol. The van der Waals surface area contributed by atoms with Crippen molar-refractivity contribution in [1.29, 1.82) is 0 Å². The molecule has 0 atom stereocenters. The molecule has 1 aliphatic rings. The van der Waals surface area contributed by atoms with Crippen LogP contribution in [0, 0.1) is 0 Å². The molecule has 0 saturated carbocycles. The molecule has 0 unspecified atom stereocenters. The Kier molecular flexibility index (Phi) is 5.20. The second kappa shape index (κ2) is 7.79. The van der Waals surface area contributed by atoms with Crippen molar-refractivity contribution in [1.82, 2.24) is 4.90 Å². The van der Waals surface area contributed by atoms with E-state index < -0.39 is 0 Å². The lowest BCUT2D eigenvalue weighted by molar-refractivity contribution is 0.241. The summed E-state index contributed by atoms with van der Waals surface area (Å²) < 4.78 is 16.4. The minimum absolute atomic E-state index is 0.145. The smallest absolute Gasteiger partial charge is 0.336 e. The van der Waals surface area contributed by atoms with E-state index in [1.807, 2.05) is 25.1 Å². The Bertz CT molecular complexity index is 1120. The van der Waals surface area contributed by atoms with Gasteiger partial charge in [-0.2, -0.15) is 0 Å². The number of aryl methyl sites for hydroxylation is 1. The Morgan fingerprint density at radius 1 is 1.10 bits per heavy atom. The van der Waals surface area contributed by atoms with Gasteiger partial charge in [0.2, 0.25) is 0 Å². The van der Waals surface area contributed by atoms with Gasteiger partial charge in [0.05, 0.1) is 19.8 Å². The molecule has 152 valence electrons. The highest BCUT2D eigenvalue weighted by Crippen LogP contribution is 2.35. The van der Waals surface area contributed by atoms with Crippen molar-refractivity contribution >= 4 is 11.0 Å². The number of benzene rings is 2. The zero-order valence-electron chi connectivity index (χ0n) is 16.9. The average Bonchev–Trinajstić information content (AvgIpc) is 2.74. The van der Waals surface area contributed by atoms with E-state index in [0.29, 0.717) is 30.0 Å². The van der Waals surface area contributed by atoms with E-state index in [4.69, 9.17) is 13.9 Å². The quantitative estimate of drug-likeness (QED) is 0.665. The molecule has 6 nitrogen and oxygen atoms in total. The average molecular weight is 395 g/mol. The SMILES string of the molecule is CCc1cc(=O)oc2c(CN3CCc4cc(OC)c(OC)cc4C3)c(O)ccc12. The number of aromatic hydroxyl groups is 1. The third-order valence-electron chi connectivity index (χ3n) is 5.64. The number of hydrogen-bond donors (Lipinski definition) is 1. The van der Waals surface area contributed by atoms with Gasteiger partial charge in [0, 0.05) is 31.1 Å². The summed E-state index contributed by atoms with van der Waals surface area (Å²) in [5.41, 5.74) is 4.08. The summed E-state index contributed by atoms with van der Waals surface area (Å²) in [5.74, 6) is 1.59. The molecule has 1 aliphatic heterocycles. The van der Waals surface area contributed by atoms with Crippen LogP contribution in [0.3, 0.4) is 0 Å². The minimum atomic E-state index is -0.387. The van der Waals surface area contributed by atoms with Gasteiger partial charge >= 0.3 is 5.63 Å². The molecule has 3 aromatic rings. The fraction of sp³-hybridized carbons (Fsp3) is 0.348. The van der Waals surface area contributed by atoms with E-state index in [-0.39, 0.29) is 11.4 Å². The molecule has 2 heterocycles. The number of phenols is 1. The summed E-state index contributed by atoms with van der Waals surface area (Å²) in [7, 11) is 3.27. The molecule has 0 saturated heterocycles. The molecule has 1 aromatic heterocycles. The fourth-order valence-electron chi connectivity index (χ4n) is 4.08. The summed E-state index contributed by atoms with van der Waals surface area (Å²) in [6, 6.07) is 9.08. The van der Waals surface area contributed by atoms with Gasteiger partial charge in [0.15, 0.2) is 11.5 Å². The van der Waals surface area contributed by atoms with Crippen LogP contribution < -0.4 is 15.1 Å². The molecule has 6 heteroatoms. The van der Waals surface area contributed by atoms with Crippen LogP contribution in [0.15, 0.2) is 39.5 Å². The lowest BCUT2D eigenvalue weighted by atomic mass is 9.97. The number of phenolic OH excluding ortho intramolecular Hbond substituents is 1. The standard InChI is InChI=1S/C23H25NO5/c1-4-14-11-22(26)29-23-17(14)5-6-19(25)18(23)13-24-8-7-15-9-20(27-2)21(28-3)10-16(15)12-24/h5-6,9-11,25H,4,7-8,12-13H2,1-3H3. The maximum Gasteiger partial charge on any atom is 0.336 e. The second-order valence-electron chi connectivity index (χ2n) is 7.32. The highest BCUT2D eigenvalue weighted by Gasteiger charge is 2.22. The zero-order valence-corrected chi connectivity index (χ0v) is 16.9. The molecule has 1 N–H and O–H groups in total. The summed E-state index contributed by atoms with van der Waals surface area (Å²) >= 11 is 0. The number of ether oxygens (including phenoxy) is 2. The van der Waals surface area contributed by atoms with Gasteiger partial charge in [-0.25, -0.2) is 4.79 Å². The monoisotopic (exact) mass is 395 g/mol. The largest absolute Gasteiger partial charge is 0.507 e. The van der Waals surface area contributed by atoms with Gasteiger partial charge in [-0.15, -0.1) is 0 Å². The predicted octanol–water partition coefficient (Wildman–Crippen LogP) is 3.64. The van der Waals surface area contributed by atoms with Crippen LogP contribution in [0.4, 0.5) is 0 Å². The molecule has 0 fully saturated rings. The zero-order chi connectivity index (χ0) is 20.5. The van der Waals surface area contributed by atoms with Crippen LogP contribution in [0.2, 0.25) is 0 Å². The van der Waals surface area contributed by atoms with E-state index in [1.165, 1.54) is 17.2 Å². The summed E-state index contributed by atoms with van der Waals surface area (Å²) in [6.07, 6.45) is 1.59. The van der Waals surface area contributed by atoms with E-state index in [0.717, 1.165) is 36.1 Å². The molecule has 0 amide bonds. The van der Waals surface area contributed by atoms with Gasteiger partial charge in [0.1, 0.15) is 11.3 Å². The normalized spacial score (nSPS) is 14.0.